The lowest BCUT2D eigenvalue weighted by molar-refractivity contribution is 0.0950. The van der Waals surface area contributed by atoms with Crippen LogP contribution in [0, 0.1) is 18.2 Å². The minimum atomic E-state index is -0.681. The van der Waals surface area contributed by atoms with Crippen molar-refractivity contribution in [1.82, 2.24) is 15.3 Å². The average Bonchev–Trinajstić information content (AvgIpc) is 2.75. The summed E-state index contributed by atoms with van der Waals surface area (Å²) in [6, 6.07) is 5.27. The van der Waals surface area contributed by atoms with Gasteiger partial charge in [-0.3, -0.25) is 14.6 Å². The van der Waals surface area contributed by atoms with Crippen molar-refractivity contribution in [3.8, 4) is 23.5 Å². The van der Waals surface area contributed by atoms with Crippen LogP contribution in [-0.4, -0.2) is 28.3 Å². The molecule has 0 aliphatic rings. The van der Waals surface area contributed by atoms with E-state index in [1.54, 1.807) is 13.0 Å². The molecule has 0 saturated heterocycles. The highest BCUT2D eigenvalue weighted by molar-refractivity contribution is 6.35. The van der Waals surface area contributed by atoms with E-state index in [2.05, 4.69) is 26.5 Å². The topological polar surface area (TPSA) is 84.0 Å². The molecule has 0 atom stereocenters. The first-order valence-corrected chi connectivity index (χ1v) is 9.76. The Balaban J connectivity index is 1.88. The van der Waals surface area contributed by atoms with E-state index < -0.39 is 17.6 Å². The third-order valence-corrected chi connectivity index (χ3v) is 4.82. The summed E-state index contributed by atoms with van der Waals surface area (Å²) < 4.78 is 14.8. The van der Waals surface area contributed by atoms with Crippen LogP contribution >= 0.6 is 23.2 Å². The summed E-state index contributed by atoms with van der Waals surface area (Å²) in [7, 11) is 0. The van der Waals surface area contributed by atoms with Crippen molar-refractivity contribution in [2.75, 3.05) is 11.9 Å². The third kappa shape index (κ3) is 4.82. The Morgan fingerprint density at radius 1 is 1.13 bits per heavy atom. The van der Waals surface area contributed by atoms with Gasteiger partial charge in [0.15, 0.2) is 0 Å². The number of hydrogen-bond acceptors (Lipinski definition) is 4. The maximum absolute atomic E-state index is 14.8. The summed E-state index contributed by atoms with van der Waals surface area (Å²) in [5, 5.41) is 5.19. The predicted molar refractivity (Wildman–Crippen MR) is 118 cm³/mol. The molecule has 2 aromatic heterocycles. The van der Waals surface area contributed by atoms with Crippen LogP contribution in [0.2, 0.25) is 10.0 Å². The lowest BCUT2D eigenvalue weighted by atomic mass is 10.00. The number of carbonyl (C=O) groups is 2. The molecule has 3 rings (SSSR count). The number of benzene rings is 1. The molecule has 2 N–H and O–H groups in total. The molecule has 0 unspecified atom stereocenters. The quantitative estimate of drug-likeness (QED) is 0.550. The molecule has 0 saturated carbocycles. The molecular formula is C22H15Cl2FN4O2. The van der Waals surface area contributed by atoms with Gasteiger partial charge in [-0.2, -0.15) is 0 Å². The first kappa shape index (κ1) is 22.2. The van der Waals surface area contributed by atoms with Crippen molar-refractivity contribution in [2.45, 2.75) is 6.92 Å². The number of rotatable bonds is 5. The first-order chi connectivity index (χ1) is 14.8. The zero-order valence-electron chi connectivity index (χ0n) is 16.2. The van der Waals surface area contributed by atoms with Crippen molar-refractivity contribution in [2.24, 2.45) is 0 Å². The Morgan fingerprint density at radius 2 is 1.90 bits per heavy atom. The normalized spacial score (nSPS) is 10.3. The fourth-order valence-corrected chi connectivity index (χ4v) is 3.29. The van der Waals surface area contributed by atoms with Crippen LogP contribution in [0.15, 0.2) is 42.9 Å². The Bertz CT molecular complexity index is 1220. The third-order valence-electron chi connectivity index (χ3n) is 4.22. The molecule has 0 aliphatic carbocycles. The molecule has 6 nitrogen and oxygen atoms in total. The summed E-state index contributed by atoms with van der Waals surface area (Å²) in [5.74, 6) is 0.645. The molecule has 9 heteroatoms. The lowest BCUT2D eigenvalue weighted by Gasteiger charge is -2.12. The summed E-state index contributed by atoms with van der Waals surface area (Å²) in [6.07, 6.45) is 9.63. The fourth-order valence-electron chi connectivity index (χ4n) is 2.79. The zero-order chi connectivity index (χ0) is 22.5. The van der Waals surface area contributed by atoms with E-state index in [4.69, 9.17) is 29.6 Å². The van der Waals surface area contributed by atoms with Crippen molar-refractivity contribution in [1.29, 1.82) is 0 Å². The van der Waals surface area contributed by atoms with Gasteiger partial charge in [0.2, 0.25) is 0 Å². The minimum Gasteiger partial charge on any atom is -0.351 e. The molecule has 2 heterocycles. The van der Waals surface area contributed by atoms with Crippen LogP contribution in [0.5, 0.6) is 0 Å². The second-order valence-electron chi connectivity index (χ2n) is 6.25. The number of terminal acetylenes is 1. The van der Waals surface area contributed by atoms with Crippen LogP contribution < -0.4 is 10.6 Å². The fraction of sp³-hybridized carbons (Fsp3) is 0.0909. The molecule has 3 aromatic rings. The summed E-state index contributed by atoms with van der Waals surface area (Å²) in [4.78, 5) is 32.4. The maximum Gasteiger partial charge on any atom is 0.271 e. The highest BCUT2D eigenvalue weighted by Gasteiger charge is 2.19. The Hall–Kier alpha value is -3.47. The largest absolute Gasteiger partial charge is 0.351 e. The Morgan fingerprint density at radius 3 is 2.58 bits per heavy atom. The summed E-state index contributed by atoms with van der Waals surface area (Å²) in [5.41, 5.74) is 1.11. The lowest BCUT2D eigenvalue weighted by Crippen LogP contribution is -2.24. The highest BCUT2D eigenvalue weighted by Crippen LogP contribution is 2.31. The summed E-state index contributed by atoms with van der Waals surface area (Å²) >= 11 is 12.3. The Kier molecular flexibility index (Phi) is 6.85. The van der Waals surface area contributed by atoms with Crippen molar-refractivity contribution < 1.29 is 14.0 Å². The number of anilines is 1. The zero-order valence-corrected chi connectivity index (χ0v) is 17.7. The molecule has 0 bridgehead atoms. The molecule has 0 spiro atoms. The van der Waals surface area contributed by atoms with E-state index in [-0.39, 0.29) is 32.6 Å². The molecule has 0 radical (unpaired) electrons. The van der Waals surface area contributed by atoms with Gasteiger partial charge in [-0.25, -0.2) is 9.37 Å². The first-order valence-electron chi connectivity index (χ1n) is 9.00. The van der Waals surface area contributed by atoms with Crippen molar-refractivity contribution in [3.05, 3.63) is 75.5 Å². The minimum absolute atomic E-state index is 0.0201. The number of carbonyl (C=O) groups excluding carboxylic acids is 2. The van der Waals surface area contributed by atoms with Crippen LogP contribution in [-0.2, 0) is 0 Å². The second kappa shape index (κ2) is 9.56. The van der Waals surface area contributed by atoms with Gasteiger partial charge in [-0.1, -0.05) is 29.1 Å². The molecule has 1 aromatic carbocycles. The molecule has 31 heavy (non-hydrogen) atoms. The van der Waals surface area contributed by atoms with Gasteiger partial charge in [0.1, 0.15) is 11.5 Å². The number of hydrogen-bond donors (Lipinski definition) is 2. The van der Waals surface area contributed by atoms with Crippen LogP contribution in [0.25, 0.3) is 11.1 Å². The monoisotopic (exact) mass is 456 g/mol. The van der Waals surface area contributed by atoms with E-state index in [0.717, 1.165) is 6.07 Å². The van der Waals surface area contributed by atoms with E-state index in [9.17, 15) is 14.0 Å². The SMILES string of the molecule is C#Cc1cnccc1-c1cc(Cl)c(C(=O)Nc2cnc(C(=O)NCC)c(Cl)c2)cc1F. The van der Waals surface area contributed by atoms with Gasteiger partial charge >= 0.3 is 0 Å². The summed E-state index contributed by atoms with van der Waals surface area (Å²) in [6.45, 7) is 2.17. The highest BCUT2D eigenvalue weighted by atomic mass is 35.5. The number of halogens is 3. The van der Waals surface area contributed by atoms with E-state index in [1.165, 1.54) is 30.7 Å². The van der Waals surface area contributed by atoms with E-state index in [0.29, 0.717) is 17.7 Å². The standard InChI is InChI=1S/C22H15Cl2FN4O2/c1-3-12-10-26-6-5-14(12)15-8-17(23)16(9-19(15)25)21(30)29-13-7-18(24)20(28-11-13)22(31)27-4-2/h1,5-11H,4H2,2H3,(H,27,31)(H,29,30). The van der Waals surface area contributed by atoms with E-state index >= 15 is 0 Å². The number of aromatic nitrogens is 2. The van der Waals surface area contributed by atoms with Gasteiger partial charge in [-0.15, -0.1) is 6.42 Å². The number of amides is 2. The average molecular weight is 457 g/mol. The molecule has 2 amide bonds. The van der Waals surface area contributed by atoms with Gasteiger partial charge in [-0.05, 0) is 31.2 Å². The van der Waals surface area contributed by atoms with Crippen LogP contribution in [0.3, 0.4) is 0 Å². The Labute approximate surface area is 187 Å². The molecule has 0 aliphatic heterocycles. The van der Waals surface area contributed by atoms with Gasteiger partial charge < -0.3 is 10.6 Å². The number of nitrogens with one attached hydrogen (secondary N) is 2. The second-order valence-corrected chi connectivity index (χ2v) is 7.06. The van der Waals surface area contributed by atoms with Crippen LogP contribution in [0.4, 0.5) is 10.1 Å². The van der Waals surface area contributed by atoms with Crippen molar-refractivity contribution in [3.63, 3.8) is 0 Å². The molecule has 0 fully saturated rings. The van der Waals surface area contributed by atoms with Gasteiger partial charge in [0, 0.05) is 30.1 Å². The molecular weight excluding hydrogens is 442 g/mol. The predicted octanol–water partition coefficient (Wildman–Crippen LogP) is 4.57. The smallest absolute Gasteiger partial charge is 0.271 e. The van der Waals surface area contributed by atoms with Gasteiger partial charge in [0.25, 0.3) is 11.8 Å². The van der Waals surface area contributed by atoms with Crippen molar-refractivity contribution >= 4 is 40.7 Å². The van der Waals surface area contributed by atoms with Crippen LogP contribution in [0.1, 0.15) is 33.3 Å². The number of pyridine rings is 2. The van der Waals surface area contributed by atoms with E-state index in [1.807, 2.05) is 0 Å². The van der Waals surface area contributed by atoms with Gasteiger partial charge in [0.05, 0.1) is 33.1 Å². The molecule has 156 valence electrons. The number of nitrogens with zero attached hydrogens (tertiary/aromatic N) is 2. The maximum atomic E-state index is 14.8.